The van der Waals surface area contributed by atoms with Crippen molar-refractivity contribution in [2.45, 2.75) is 52.7 Å². The maximum absolute atomic E-state index is 6.38. The van der Waals surface area contributed by atoms with Crippen molar-refractivity contribution in [3.8, 4) is 34.1 Å². The lowest BCUT2D eigenvalue weighted by Gasteiger charge is -2.29. The van der Waals surface area contributed by atoms with Crippen molar-refractivity contribution in [3.63, 3.8) is 0 Å². The van der Waals surface area contributed by atoms with Gasteiger partial charge in [-0.25, -0.2) is 0 Å². The average Bonchev–Trinajstić information content (AvgIpc) is 3.52. The highest BCUT2D eigenvalue weighted by Crippen LogP contribution is 2.47. The molecule has 44 heavy (non-hydrogen) atoms. The maximum atomic E-state index is 6.38. The Balaban J connectivity index is 1.38. The zero-order chi connectivity index (χ0) is 30.7. The molecule has 2 aromatic heterocycles. The molecule has 0 unspecified atom stereocenters. The van der Waals surface area contributed by atoms with Crippen LogP contribution in [0.15, 0.2) is 48.6 Å². The van der Waals surface area contributed by atoms with Crippen LogP contribution in [0.5, 0.6) is 23.0 Å². The standard InChI is InChI=1S/C38H36N2O4/c1-19-13-27-23-15-25(31(41-7)17-29(23)39-33(27)21-9-11-37(3,4)43-35(19)21)26-16-24-28-14-20(2)36-22(10-12-38(5,6)44-36)34(28)40-30(24)18-32(26)42-8/h9-18,39-40H,1-8H3. The zero-order valence-corrected chi connectivity index (χ0v) is 26.4. The number of hydrogen-bond acceptors (Lipinski definition) is 4. The molecule has 0 fully saturated rings. The van der Waals surface area contributed by atoms with Crippen molar-refractivity contribution in [1.29, 1.82) is 0 Å². The van der Waals surface area contributed by atoms with Gasteiger partial charge in [-0.05, 0) is 101 Å². The van der Waals surface area contributed by atoms with Gasteiger partial charge < -0.3 is 28.9 Å². The molecule has 0 radical (unpaired) electrons. The summed E-state index contributed by atoms with van der Waals surface area (Å²) >= 11 is 0. The number of methoxy groups -OCH3 is 2. The van der Waals surface area contributed by atoms with Crippen LogP contribution in [0.1, 0.15) is 49.9 Å². The Labute approximate surface area is 256 Å². The zero-order valence-electron chi connectivity index (χ0n) is 26.4. The number of rotatable bonds is 3. The van der Waals surface area contributed by atoms with Crippen molar-refractivity contribution in [1.82, 2.24) is 9.97 Å². The van der Waals surface area contributed by atoms with Gasteiger partial charge in [-0.2, -0.15) is 0 Å². The molecule has 0 saturated carbocycles. The summed E-state index contributed by atoms with van der Waals surface area (Å²) in [5, 5.41) is 4.54. The van der Waals surface area contributed by atoms with E-state index in [9.17, 15) is 0 Å². The normalized spacial score (nSPS) is 16.3. The molecule has 0 amide bonds. The van der Waals surface area contributed by atoms with E-state index < -0.39 is 0 Å². The number of H-pyrrole nitrogens is 2. The lowest BCUT2D eigenvalue weighted by Crippen LogP contribution is -2.28. The summed E-state index contributed by atoms with van der Waals surface area (Å²) in [6.07, 6.45) is 8.60. The Morgan fingerprint density at radius 3 is 1.36 bits per heavy atom. The SMILES string of the molecule is COc1cc2[nH]c3c4c(c(C)cc3c2cc1-c1cc2c(cc1OC)[nH]c1c3c(c(C)cc12)OC(C)(C)C=C3)OC(C)(C)C=C4. The minimum absolute atomic E-state index is 0.344. The molecule has 6 aromatic rings. The topological polar surface area (TPSA) is 68.5 Å². The van der Waals surface area contributed by atoms with Crippen LogP contribution < -0.4 is 18.9 Å². The van der Waals surface area contributed by atoms with Crippen LogP contribution in [0.25, 0.3) is 66.9 Å². The van der Waals surface area contributed by atoms with Crippen molar-refractivity contribution in [3.05, 3.63) is 70.8 Å². The first-order valence-electron chi connectivity index (χ1n) is 15.1. The molecule has 2 aliphatic rings. The third kappa shape index (κ3) is 3.79. The maximum Gasteiger partial charge on any atom is 0.132 e. The van der Waals surface area contributed by atoms with Crippen molar-refractivity contribution in [2.75, 3.05) is 14.2 Å². The second kappa shape index (κ2) is 8.85. The number of hydrogen-bond donors (Lipinski definition) is 2. The van der Waals surface area contributed by atoms with Gasteiger partial charge in [-0.1, -0.05) is 0 Å². The van der Waals surface area contributed by atoms with Crippen molar-refractivity contribution >= 4 is 55.8 Å². The quantitative estimate of drug-likeness (QED) is 0.217. The lowest BCUT2D eigenvalue weighted by molar-refractivity contribution is 0.157. The monoisotopic (exact) mass is 584 g/mol. The first-order valence-corrected chi connectivity index (χ1v) is 15.1. The first-order chi connectivity index (χ1) is 21.0. The first kappa shape index (κ1) is 26.8. The highest BCUT2D eigenvalue weighted by molar-refractivity contribution is 6.15. The molecule has 6 heteroatoms. The van der Waals surface area contributed by atoms with Crippen LogP contribution in [-0.4, -0.2) is 35.4 Å². The molecule has 8 rings (SSSR count). The van der Waals surface area contributed by atoms with E-state index in [4.69, 9.17) is 18.9 Å². The van der Waals surface area contributed by atoms with Crippen LogP contribution in [-0.2, 0) is 0 Å². The third-order valence-corrected chi connectivity index (χ3v) is 9.11. The van der Waals surface area contributed by atoms with Gasteiger partial charge in [0, 0.05) is 55.9 Å². The van der Waals surface area contributed by atoms with Crippen LogP contribution in [0.2, 0.25) is 0 Å². The van der Waals surface area contributed by atoms with E-state index in [0.29, 0.717) is 0 Å². The number of nitrogens with one attached hydrogen (secondary N) is 2. The molecule has 0 bridgehead atoms. The van der Waals surface area contributed by atoms with Gasteiger partial charge in [0.1, 0.15) is 34.2 Å². The minimum atomic E-state index is -0.344. The molecule has 2 N–H and O–H groups in total. The minimum Gasteiger partial charge on any atom is -0.496 e. The van der Waals surface area contributed by atoms with E-state index in [1.165, 1.54) is 0 Å². The number of aromatic nitrogens is 2. The van der Waals surface area contributed by atoms with Crippen molar-refractivity contribution < 1.29 is 18.9 Å². The van der Waals surface area contributed by atoms with Crippen LogP contribution in [0, 0.1) is 13.8 Å². The van der Waals surface area contributed by atoms with Gasteiger partial charge in [0.05, 0.1) is 36.3 Å². The van der Waals surface area contributed by atoms with Crippen LogP contribution in [0.3, 0.4) is 0 Å². The van der Waals surface area contributed by atoms with E-state index >= 15 is 0 Å². The molecular weight excluding hydrogens is 548 g/mol. The molecule has 6 nitrogen and oxygen atoms in total. The predicted octanol–water partition coefficient (Wildman–Crippen LogP) is 9.63. The lowest BCUT2D eigenvalue weighted by atomic mass is 9.95. The summed E-state index contributed by atoms with van der Waals surface area (Å²) in [5.74, 6) is 3.40. The van der Waals surface area contributed by atoms with E-state index in [2.05, 4.69) is 112 Å². The molecule has 2 aliphatic heterocycles. The highest BCUT2D eigenvalue weighted by Gasteiger charge is 2.28. The molecule has 0 saturated heterocycles. The highest BCUT2D eigenvalue weighted by atomic mass is 16.5. The Hall–Kier alpha value is -4.84. The smallest absolute Gasteiger partial charge is 0.132 e. The van der Waals surface area contributed by atoms with Crippen LogP contribution in [0.4, 0.5) is 0 Å². The number of aryl methyl sites for hydroxylation is 2. The fourth-order valence-electron chi connectivity index (χ4n) is 6.94. The summed E-state index contributed by atoms with van der Waals surface area (Å²) in [7, 11) is 3.44. The summed E-state index contributed by atoms with van der Waals surface area (Å²) in [6.45, 7) is 12.6. The predicted molar refractivity (Wildman–Crippen MR) is 181 cm³/mol. The third-order valence-electron chi connectivity index (χ3n) is 9.11. The number of benzene rings is 4. The van der Waals surface area contributed by atoms with E-state index in [1.807, 2.05) is 0 Å². The average molecular weight is 585 g/mol. The molecule has 0 atom stereocenters. The Kier molecular flexibility index (Phi) is 5.38. The fourth-order valence-corrected chi connectivity index (χ4v) is 6.94. The molecular formula is C38H36N2O4. The summed E-state index contributed by atoms with van der Waals surface area (Å²) in [4.78, 5) is 7.34. The Morgan fingerprint density at radius 2 is 0.977 bits per heavy atom. The van der Waals surface area contributed by atoms with Crippen LogP contribution >= 0.6 is 0 Å². The Bertz CT molecular complexity index is 2110. The largest absolute Gasteiger partial charge is 0.496 e. The number of fused-ring (bicyclic) bond motifs is 10. The van der Waals surface area contributed by atoms with E-state index in [0.717, 1.165) is 100.0 Å². The van der Waals surface area contributed by atoms with Crippen molar-refractivity contribution in [2.24, 2.45) is 0 Å². The van der Waals surface area contributed by atoms with Gasteiger partial charge in [0.25, 0.3) is 0 Å². The summed E-state index contributed by atoms with van der Waals surface area (Å²) < 4.78 is 24.8. The van der Waals surface area contributed by atoms with E-state index in [1.54, 1.807) is 14.2 Å². The molecule has 4 heterocycles. The molecule has 222 valence electrons. The molecule has 4 aromatic carbocycles. The van der Waals surface area contributed by atoms with Gasteiger partial charge in [-0.3, -0.25) is 0 Å². The number of aromatic amines is 2. The fraction of sp³-hybridized carbons (Fsp3) is 0.263. The Morgan fingerprint density at radius 1 is 0.568 bits per heavy atom. The van der Waals surface area contributed by atoms with Gasteiger partial charge in [-0.15, -0.1) is 0 Å². The van der Waals surface area contributed by atoms with Gasteiger partial charge >= 0.3 is 0 Å². The second-order valence-electron chi connectivity index (χ2n) is 13.2. The summed E-state index contributed by atoms with van der Waals surface area (Å²) in [5.41, 5.74) is 9.77. The van der Waals surface area contributed by atoms with Gasteiger partial charge in [0.2, 0.25) is 0 Å². The van der Waals surface area contributed by atoms with Gasteiger partial charge in [0.15, 0.2) is 0 Å². The number of ether oxygens (including phenoxy) is 4. The molecule has 0 spiro atoms. The van der Waals surface area contributed by atoms with E-state index in [-0.39, 0.29) is 11.2 Å². The molecule has 0 aliphatic carbocycles. The second-order valence-corrected chi connectivity index (χ2v) is 13.2. The summed E-state index contributed by atoms with van der Waals surface area (Å²) in [6, 6.07) is 13.1.